The minimum absolute atomic E-state index is 0.0967. The molecule has 9 atom stereocenters. The number of hydrogen-bond donors (Lipinski definition) is 2. The summed E-state index contributed by atoms with van der Waals surface area (Å²) in [6.07, 6.45) is 2.12. The number of carbonyl (C=O) groups is 2. The molecule has 4 fully saturated rings. The molecule has 1 saturated heterocycles. The predicted octanol–water partition coefficient (Wildman–Crippen LogP) is 3.58. The smallest absolute Gasteiger partial charge is 0.197 e. The summed E-state index contributed by atoms with van der Waals surface area (Å²) in [5, 5.41) is 23.0. The minimum Gasteiger partial charge on any atom is -0.390 e. The fourth-order valence-corrected chi connectivity index (χ4v) is 8.89. The number of ketones is 2. The minimum atomic E-state index is -2.06. The van der Waals surface area contributed by atoms with E-state index in [1.165, 1.54) is 18.2 Å². The Balaban J connectivity index is 1.44. The van der Waals surface area contributed by atoms with Gasteiger partial charge in [0, 0.05) is 16.7 Å². The van der Waals surface area contributed by atoms with Crippen LogP contribution in [0.2, 0.25) is 0 Å². The summed E-state index contributed by atoms with van der Waals surface area (Å²) in [5.41, 5.74) is -5.22. The van der Waals surface area contributed by atoms with Crippen molar-refractivity contribution in [3.63, 3.8) is 0 Å². The van der Waals surface area contributed by atoms with Crippen LogP contribution in [-0.4, -0.2) is 51.9 Å². The third kappa shape index (κ3) is 2.66. The van der Waals surface area contributed by atoms with Gasteiger partial charge in [0.15, 0.2) is 29.1 Å². The van der Waals surface area contributed by atoms with Crippen molar-refractivity contribution in [2.24, 2.45) is 22.7 Å². The molecule has 0 amide bonds. The van der Waals surface area contributed by atoms with E-state index in [4.69, 9.17) is 9.47 Å². The topological polar surface area (TPSA) is 93.1 Å². The van der Waals surface area contributed by atoms with Gasteiger partial charge < -0.3 is 19.7 Å². The van der Waals surface area contributed by atoms with Crippen molar-refractivity contribution in [3.8, 4) is 0 Å². The van der Waals surface area contributed by atoms with Crippen molar-refractivity contribution in [2.75, 3.05) is 6.61 Å². The van der Waals surface area contributed by atoms with Gasteiger partial charge in [0.05, 0.1) is 17.1 Å². The number of fused-ring (bicyclic) bond motifs is 7. The number of carbonyl (C=O) groups excluding carboxylic acids is 2. The number of allylic oxidation sites excluding steroid dienone is 4. The van der Waals surface area contributed by atoms with Crippen molar-refractivity contribution >= 4 is 22.9 Å². The lowest BCUT2D eigenvalue weighted by Gasteiger charge is -2.62. The largest absolute Gasteiger partial charge is 0.390 e. The molecule has 5 aliphatic rings. The Labute approximate surface area is 205 Å². The van der Waals surface area contributed by atoms with Gasteiger partial charge in [-0.25, -0.2) is 8.78 Å². The van der Waals surface area contributed by atoms with Crippen LogP contribution in [0, 0.1) is 28.5 Å². The van der Waals surface area contributed by atoms with Gasteiger partial charge in [-0.2, -0.15) is 0 Å². The number of rotatable bonds is 3. The standard InChI is InChI=1S/C26H28F2O6S/c1-23-7-5-14(30)9-13(23)3-4-15-16-10-20-26(19(32)12-29,24(16,2)11-18(31)25(15,23)28)34-22(33-20)21-17(27)6-8-35-21/h5-9,15-16,18,20,22,29,31H,3-4,10-12H2,1-2H3/t15-,16?,18-,20+,22-,23-,24-,25-,26+/m0/s1. The Hall–Kier alpha value is -1.78. The molecule has 1 aliphatic heterocycles. The first-order valence-corrected chi connectivity index (χ1v) is 12.9. The normalized spacial score (nSPS) is 48.1. The summed E-state index contributed by atoms with van der Waals surface area (Å²) in [6.45, 7) is 2.73. The van der Waals surface area contributed by atoms with E-state index in [1.54, 1.807) is 25.3 Å². The molecule has 3 saturated carbocycles. The van der Waals surface area contributed by atoms with Crippen LogP contribution in [-0.2, 0) is 19.1 Å². The monoisotopic (exact) mass is 506 g/mol. The van der Waals surface area contributed by atoms with Crippen molar-refractivity contribution in [3.05, 3.63) is 45.9 Å². The van der Waals surface area contributed by atoms with Gasteiger partial charge in [0.25, 0.3) is 0 Å². The molecule has 4 aliphatic carbocycles. The maximum atomic E-state index is 17.3. The molecule has 1 aromatic heterocycles. The van der Waals surface area contributed by atoms with Crippen molar-refractivity contribution < 1.29 is 38.1 Å². The fourth-order valence-electron chi connectivity index (χ4n) is 8.16. The SMILES string of the molecule is C[C@]12C=CC(=O)C=C1CC[C@H]1C3C[C@H]4O[C@H](c5sccc5F)O[C@@]4(C(=O)CO)[C@@]3(C)C[C@H](O)[C@@]12F. The zero-order chi connectivity index (χ0) is 25.0. The van der Waals surface area contributed by atoms with E-state index in [0.29, 0.717) is 18.4 Å². The second kappa shape index (κ2) is 7.38. The molecule has 6 nitrogen and oxygen atoms in total. The van der Waals surface area contributed by atoms with Crippen LogP contribution in [0.1, 0.15) is 50.7 Å². The summed E-state index contributed by atoms with van der Waals surface area (Å²) < 4.78 is 44.0. The Morgan fingerprint density at radius 1 is 1.31 bits per heavy atom. The summed E-state index contributed by atoms with van der Waals surface area (Å²) in [5.74, 6) is -2.32. The fraction of sp³-hybridized carbons (Fsp3) is 0.615. The summed E-state index contributed by atoms with van der Waals surface area (Å²) in [7, 11) is 0. The number of Topliss-reactive ketones (excluding diaryl/α,β-unsaturated/α-hetero) is 1. The number of aliphatic hydroxyl groups excluding tert-OH is 2. The Morgan fingerprint density at radius 2 is 2.09 bits per heavy atom. The van der Waals surface area contributed by atoms with E-state index in [-0.39, 0.29) is 23.5 Å². The lowest BCUT2D eigenvalue weighted by Crippen LogP contribution is -2.69. The van der Waals surface area contributed by atoms with E-state index >= 15 is 4.39 Å². The summed E-state index contributed by atoms with van der Waals surface area (Å²) in [4.78, 5) is 25.6. The van der Waals surface area contributed by atoms with Crippen LogP contribution in [0.3, 0.4) is 0 Å². The highest BCUT2D eigenvalue weighted by Crippen LogP contribution is 2.72. The van der Waals surface area contributed by atoms with Gasteiger partial charge in [-0.05, 0) is 62.1 Å². The maximum Gasteiger partial charge on any atom is 0.197 e. The molecule has 9 heteroatoms. The van der Waals surface area contributed by atoms with Crippen LogP contribution >= 0.6 is 11.3 Å². The second-order valence-electron chi connectivity index (χ2n) is 11.0. The predicted molar refractivity (Wildman–Crippen MR) is 122 cm³/mol. The molecule has 2 N–H and O–H groups in total. The van der Waals surface area contributed by atoms with Gasteiger partial charge >= 0.3 is 0 Å². The molecule has 35 heavy (non-hydrogen) atoms. The average molecular weight is 507 g/mol. The van der Waals surface area contributed by atoms with Crippen molar-refractivity contribution in [1.82, 2.24) is 0 Å². The highest BCUT2D eigenvalue weighted by molar-refractivity contribution is 7.10. The number of aliphatic hydroxyl groups is 2. The van der Waals surface area contributed by atoms with Gasteiger partial charge in [-0.15, -0.1) is 11.3 Å². The zero-order valence-corrected chi connectivity index (χ0v) is 20.3. The van der Waals surface area contributed by atoms with Crippen LogP contribution in [0.4, 0.5) is 8.78 Å². The van der Waals surface area contributed by atoms with E-state index < -0.39 is 70.6 Å². The second-order valence-corrected chi connectivity index (χ2v) is 12.0. The van der Waals surface area contributed by atoms with Crippen molar-refractivity contribution in [2.45, 2.75) is 69.3 Å². The Morgan fingerprint density at radius 3 is 2.77 bits per heavy atom. The lowest BCUT2D eigenvalue weighted by molar-refractivity contribution is -0.231. The first-order valence-electron chi connectivity index (χ1n) is 12.0. The molecule has 188 valence electrons. The molecule has 0 aromatic carbocycles. The third-order valence-corrected chi connectivity index (χ3v) is 10.7. The summed E-state index contributed by atoms with van der Waals surface area (Å²) in [6, 6.07) is 1.30. The number of alkyl halides is 1. The molecule has 0 radical (unpaired) electrons. The highest BCUT2D eigenvalue weighted by atomic mass is 32.1. The first-order chi connectivity index (χ1) is 16.5. The first kappa shape index (κ1) is 23.6. The van der Waals surface area contributed by atoms with Gasteiger partial charge in [0.1, 0.15) is 12.4 Å². The quantitative estimate of drug-likeness (QED) is 0.651. The van der Waals surface area contributed by atoms with Crippen LogP contribution in [0.15, 0.2) is 35.2 Å². The molecule has 1 unspecified atom stereocenters. The van der Waals surface area contributed by atoms with Crippen LogP contribution in [0.25, 0.3) is 0 Å². The molecule has 2 heterocycles. The highest BCUT2D eigenvalue weighted by Gasteiger charge is 2.79. The van der Waals surface area contributed by atoms with Crippen LogP contribution in [0.5, 0.6) is 0 Å². The van der Waals surface area contributed by atoms with Crippen LogP contribution < -0.4 is 0 Å². The van der Waals surface area contributed by atoms with E-state index in [0.717, 1.165) is 11.3 Å². The number of halogens is 2. The van der Waals surface area contributed by atoms with Gasteiger partial charge in [-0.1, -0.05) is 18.6 Å². The molecule has 1 aromatic rings. The van der Waals surface area contributed by atoms with Crippen molar-refractivity contribution in [1.29, 1.82) is 0 Å². The maximum absolute atomic E-state index is 17.3. The van der Waals surface area contributed by atoms with E-state index in [2.05, 4.69) is 0 Å². The number of ether oxygens (including phenoxy) is 2. The van der Waals surface area contributed by atoms with E-state index in [9.17, 15) is 24.2 Å². The zero-order valence-electron chi connectivity index (χ0n) is 19.5. The number of thiophene rings is 1. The summed E-state index contributed by atoms with van der Waals surface area (Å²) >= 11 is 1.11. The van der Waals surface area contributed by atoms with Gasteiger partial charge in [0.2, 0.25) is 0 Å². The van der Waals surface area contributed by atoms with E-state index in [1.807, 2.05) is 0 Å². The molecule has 0 spiro atoms. The average Bonchev–Trinajstić information content (AvgIpc) is 3.47. The third-order valence-electron chi connectivity index (χ3n) is 9.80. The Bertz CT molecular complexity index is 1180. The number of hydrogen-bond acceptors (Lipinski definition) is 7. The van der Waals surface area contributed by atoms with Gasteiger partial charge in [-0.3, -0.25) is 9.59 Å². The molecular weight excluding hydrogens is 478 g/mol. The molecular formula is C26H28F2O6S. The Kier molecular flexibility index (Phi) is 4.98. The molecule has 6 rings (SSSR count). The lowest BCUT2D eigenvalue weighted by atomic mass is 9.44. The molecule has 0 bridgehead atoms.